The maximum Gasteiger partial charge on any atom is 0.547 e. The zero-order valence-corrected chi connectivity index (χ0v) is 17.7. The summed E-state index contributed by atoms with van der Waals surface area (Å²) in [5, 5.41) is 12.5. The van der Waals surface area contributed by atoms with Gasteiger partial charge in [0, 0.05) is 6.42 Å². The summed E-state index contributed by atoms with van der Waals surface area (Å²) in [5.41, 5.74) is 0.418. The lowest BCUT2D eigenvalue weighted by atomic mass is 9.72. The van der Waals surface area contributed by atoms with Gasteiger partial charge in [-0.3, -0.25) is 9.59 Å². The lowest BCUT2D eigenvalue weighted by Crippen LogP contribution is -2.53. The van der Waals surface area contributed by atoms with Crippen LogP contribution in [-0.4, -0.2) is 48.9 Å². The predicted octanol–water partition coefficient (Wildman–Crippen LogP) is 2.56. The van der Waals surface area contributed by atoms with Gasteiger partial charge in [0.1, 0.15) is 11.3 Å². The van der Waals surface area contributed by atoms with Crippen molar-refractivity contribution in [2.45, 2.75) is 58.1 Å². The zero-order valence-electron chi connectivity index (χ0n) is 17.7. The predicted molar refractivity (Wildman–Crippen MR) is 106 cm³/mol. The van der Waals surface area contributed by atoms with E-state index in [1.807, 2.05) is 13.8 Å². The molecule has 0 saturated carbocycles. The number of halogens is 3. The minimum Gasteiger partial charge on any atom is -0.534 e. The number of para-hydroxylation sites is 1. The standard InChI is InChI=1S/C20H25BF3NO7/c1-3-12(4-2)18(27)30-11-31-19(28)14-7-5-6-13-10-15(21(29)32-17(13)14)25-16(26)8-9-20(22,23)24/h5-7,12,15,29H,3-4,8-11H2,1-2H3,(H,25,26). The van der Waals surface area contributed by atoms with E-state index < -0.39 is 56.7 Å². The number of fused-ring (bicyclic) bond motifs is 1. The molecule has 0 spiro atoms. The van der Waals surface area contributed by atoms with Crippen LogP contribution in [0.4, 0.5) is 13.2 Å². The third kappa shape index (κ3) is 7.15. The van der Waals surface area contributed by atoms with Crippen LogP contribution in [0.2, 0.25) is 0 Å². The van der Waals surface area contributed by atoms with E-state index in [9.17, 15) is 32.6 Å². The molecule has 1 aromatic rings. The smallest absolute Gasteiger partial charge is 0.534 e. The molecule has 12 heteroatoms. The first-order chi connectivity index (χ1) is 15.1. The molecule has 1 aliphatic heterocycles. The van der Waals surface area contributed by atoms with E-state index in [4.69, 9.17) is 14.1 Å². The molecule has 1 amide bonds. The second kappa shape index (κ2) is 11.2. The number of amides is 1. The number of hydrogen-bond acceptors (Lipinski definition) is 7. The number of nitrogens with one attached hydrogen (secondary N) is 1. The monoisotopic (exact) mass is 459 g/mol. The second-order valence-corrected chi connectivity index (χ2v) is 7.32. The lowest BCUT2D eigenvalue weighted by molar-refractivity contribution is -0.157. The first kappa shape index (κ1) is 25.5. The van der Waals surface area contributed by atoms with Crippen LogP contribution in [-0.2, 0) is 25.5 Å². The minimum absolute atomic E-state index is 0.0251. The summed E-state index contributed by atoms with van der Waals surface area (Å²) in [4.78, 5) is 36.0. The lowest BCUT2D eigenvalue weighted by Gasteiger charge is -2.29. The number of hydrogen-bond donors (Lipinski definition) is 2. The minimum atomic E-state index is -4.47. The molecule has 0 bridgehead atoms. The van der Waals surface area contributed by atoms with E-state index in [1.165, 1.54) is 12.1 Å². The van der Waals surface area contributed by atoms with E-state index in [0.717, 1.165) is 0 Å². The van der Waals surface area contributed by atoms with E-state index in [2.05, 4.69) is 5.32 Å². The molecule has 1 unspecified atom stereocenters. The van der Waals surface area contributed by atoms with Crippen LogP contribution in [0.5, 0.6) is 5.75 Å². The molecule has 0 aromatic heterocycles. The first-order valence-corrected chi connectivity index (χ1v) is 10.2. The van der Waals surface area contributed by atoms with Gasteiger partial charge in [-0.05, 0) is 30.9 Å². The summed E-state index contributed by atoms with van der Waals surface area (Å²) in [5.74, 6) is -3.46. The van der Waals surface area contributed by atoms with Crippen molar-refractivity contribution in [2.75, 3.05) is 6.79 Å². The van der Waals surface area contributed by atoms with E-state index in [0.29, 0.717) is 18.4 Å². The Balaban J connectivity index is 1.98. The normalized spacial score (nSPS) is 15.6. The highest BCUT2D eigenvalue weighted by atomic mass is 19.4. The molecule has 1 atom stereocenters. The van der Waals surface area contributed by atoms with E-state index >= 15 is 0 Å². The summed E-state index contributed by atoms with van der Waals surface area (Å²) >= 11 is 0. The quantitative estimate of drug-likeness (QED) is 0.332. The number of alkyl halides is 3. The number of carbonyl (C=O) groups is 3. The molecule has 2 rings (SSSR count). The van der Waals surface area contributed by atoms with Crippen molar-refractivity contribution in [3.63, 3.8) is 0 Å². The van der Waals surface area contributed by atoms with Gasteiger partial charge in [-0.25, -0.2) is 4.79 Å². The topological polar surface area (TPSA) is 111 Å². The van der Waals surface area contributed by atoms with Gasteiger partial charge in [-0.1, -0.05) is 26.0 Å². The molecular weight excluding hydrogens is 434 g/mol. The van der Waals surface area contributed by atoms with Crippen molar-refractivity contribution >= 4 is 25.0 Å². The van der Waals surface area contributed by atoms with Crippen molar-refractivity contribution in [1.82, 2.24) is 5.32 Å². The maximum absolute atomic E-state index is 12.4. The Hall–Kier alpha value is -2.76. The molecular formula is C20H25BF3NO7. The highest BCUT2D eigenvalue weighted by Gasteiger charge is 2.38. The second-order valence-electron chi connectivity index (χ2n) is 7.32. The van der Waals surface area contributed by atoms with Gasteiger partial charge in [0.2, 0.25) is 12.7 Å². The Labute approximate surface area is 183 Å². The van der Waals surface area contributed by atoms with Gasteiger partial charge < -0.3 is 24.5 Å². The number of esters is 2. The summed E-state index contributed by atoms with van der Waals surface area (Å²) in [6, 6.07) is 4.49. The molecule has 32 heavy (non-hydrogen) atoms. The van der Waals surface area contributed by atoms with Crippen LogP contribution in [0.1, 0.15) is 55.5 Å². The van der Waals surface area contributed by atoms with Crippen molar-refractivity contribution in [3.8, 4) is 5.75 Å². The van der Waals surface area contributed by atoms with Crippen LogP contribution < -0.4 is 9.97 Å². The molecule has 0 saturated heterocycles. The fraction of sp³-hybridized carbons (Fsp3) is 0.550. The van der Waals surface area contributed by atoms with Crippen molar-refractivity contribution < 1.29 is 46.7 Å². The molecule has 8 nitrogen and oxygen atoms in total. The third-order valence-corrected chi connectivity index (χ3v) is 5.03. The van der Waals surface area contributed by atoms with Gasteiger partial charge in [-0.15, -0.1) is 0 Å². The maximum atomic E-state index is 12.4. The Morgan fingerprint density at radius 3 is 2.56 bits per heavy atom. The summed E-state index contributed by atoms with van der Waals surface area (Å²) < 4.78 is 52.1. The number of ether oxygens (including phenoxy) is 2. The molecule has 1 aromatic carbocycles. The van der Waals surface area contributed by atoms with Crippen LogP contribution in [0.25, 0.3) is 0 Å². The van der Waals surface area contributed by atoms with Crippen LogP contribution in [0.3, 0.4) is 0 Å². The number of carbonyl (C=O) groups excluding carboxylic acids is 3. The van der Waals surface area contributed by atoms with E-state index in [-0.39, 0.29) is 23.7 Å². The highest BCUT2D eigenvalue weighted by molar-refractivity contribution is 6.47. The number of rotatable bonds is 9. The average molecular weight is 459 g/mol. The van der Waals surface area contributed by atoms with E-state index in [1.54, 1.807) is 6.07 Å². The largest absolute Gasteiger partial charge is 0.547 e. The highest BCUT2D eigenvalue weighted by Crippen LogP contribution is 2.31. The van der Waals surface area contributed by atoms with Gasteiger partial charge in [-0.2, -0.15) is 13.2 Å². The fourth-order valence-corrected chi connectivity index (χ4v) is 3.20. The van der Waals surface area contributed by atoms with Crippen LogP contribution in [0.15, 0.2) is 18.2 Å². The van der Waals surface area contributed by atoms with Crippen LogP contribution >= 0.6 is 0 Å². The Morgan fingerprint density at radius 1 is 1.25 bits per heavy atom. The molecule has 0 aliphatic carbocycles. The first-order valence-electron chi connectivity index (χ1n) is 10.2. The summed E-state index contributed by atoms with van der Waals surface area (Å²) in [6.45, 7) is 3.09. The van der Waals surface area contributed by atoms with Crippen molar-refractivity contribution in [1.29, 1.82) is 0 Å². The average Bonchev–Trinajstić information content (AvgIpc) is 2.72. The summed E-state index contributed by atoms with van der Waals surface area (Å²) in [7, 11) is -1.58. The van der Waals surface area contributed by atoms with Crippen LogP contribution in [0, 0.1) is 5.92 Å². The van der Waals surface area contributed by atoms with Crippen molar-refractivity contribution in [3.05, 3.63) is 29.3 Å². The molecule has 0 fully saturated rings. The van der Waals surface area contributed by atoms with Crippen molar-refractivity contribution in [2.24, 2.45) is 5.92 Å². The third-order valence-electron chi connectivity index (χ3n) is 5.03. The molecule has 0 radical (unpaired) electrons. The Morgan fingerprint density at radius 2 is 1.94 bits per heavy atom. The zero-order chi connectivity index (χ0) is 23.9. The SMILES string of the molecule is CCC(CC)C(=O)OCOC(=O)c1cccc2c1OB(O)C(NC(=O)CCC(F)(F)F)C2. The van der Waals surface area contributed by atoms with Gasteiger partial charge in [0.05, 0.1) is 18.3 Å². The fourth-order valence-electron chi connectivity index (χ4n) is 3.20. The summed E-state index contributed by atoms with van der Waals surface area (Å²) in [6.07, 6.45) is -5.31. The van der Waals surface area contributed by atoms with Gasteiger partial charge >= 0.3 is 25.2 Å². The van der Waals surface area contributed by atoms with Gasteiger partial charge in [0.15, 0.2) is 0 Å². The number of benzene rings is 1. The van der Waals surface area contributed by atoms with Gasteiger partial charge in [0.25, 0.3) is 0 Å². The molecule has 1 heterocycles. The molecule has 176 valence electrons. The molecule has 1 aliphatic rings. The molecule has 2 N–H and O–H groups in total. The Kier molecular flexibility index (Phi) is 8.94. The Bertz CT molecular complexity index is 830.